The summed E-state index contributed by atoms with van der Waals surface area (Å²) in [5.41, 5.74) is 1.58. The maximum Gasteiger partial charge on any atom is 0.261 e. The summed E-state index contributed by atoms with van der Waals surface area (Å²) in [6.07, 6.45) is 6.34. The fraction of sp³-hybridized carbons (Fsp3) is 0.400. The summed E-state index contributed by atoms with van der Waals surface area (Å²) < 4.78 is 5.82. The number of carbonyl (C=O) groups is 2. The standard InChI is InChI=1S/C25H33N3O3S/c1-3-5-7-10-17-31-22-15-9-8-14-21(22)24(30)28-25(32)27-20-13-11-12-19(18-20)23(29)26-16-6-4-2/h8-9,11-15,18H,3-7,10,16-17H2,1-2H3,(H,26,29)(H2,27,28,30,32). The highest BCUT2D eigenvalue weighted by atomic mass is 32.1. The van der Waals surface area contributed by atoms with Gasteiger partial charge in [-0.3, -0.25) is 14.9 Å². The molecule has 0 unspecified atom stereocenters. The third-order valence-corrected chi connectivity index (χ3v) is 5.02. The molecular formula is C25H33N3O3S. The Kier molecular flexibility index (Phi) is 11.2. The molecule has 0 spiro atoms. The molecule has 0 aliphatic heterocycles. The number of rotatable bonds is 12. The summed E-state index contributed by atoms with van der Waals surface area (Å²) in [5, 5.41) is 8.69. The maximum atomic E-state index is 12.7. The van der Waals surface area contributed by atoms with Crippen LogP contribution >= 0.6 is 12.2 Å². The van der Waals surface area contributed by atoms with E-state index in [1.807, 2.05) is 6.07 Å². The quantitative estimate of drug-likeness (QED) is 0.299. The molecule has 2 amide bonds. The lowest BCUT2D eigenvalue weighted by atomic mass is 10.2. The van der Waals surface area contributed by atoms with Crippen molar-refractivity contribution in [3.8, 4) is 5.75 Å². The second-order valence-electron chi connectivity index (χ2n) is 7.50. The predicted octanol–water partition coefficient (Wildman–Crippen LogP) is 5.30. The van der Waals surface area contributed by atoms with Crippen molar-refractivity contribution >= 4 is 34.8 Å². The number of anilines is 1. The molecule has 7 heteroatoms. The molecule has 0 heterocycles. The summed E-state index contributed by atoms with van der Waals surface area (Å²) in [5.74, 6) is 0.0530. The van der Waals surface area contributed by atoms with E-state index in [9.17, 15) is 9.59 Å². The Hall–Kier alpha value is -2.93. The molecule has 0 atom stereocenters. The van der Waals surface area contributed by atoms with Gasteiger partial charge in [-0.25, -0.2) is 0 Å². The molecule has 0 saturated heterocycles. The van der Waals surface area contributed by atoms with Gasteiger partial charge in [-0.05, 0) is 55.4 Å². The number of thiocarbonyl (C=S) groups is 1. The van der Waals surface area contributed by atoms with Gasteiger partial charge in [0.05, 0.1) is 12.2 Å². The lowest BCUT2D eigenvalue weighted by Crippen LogP contribution is -2.34. The number of ether oxygens (including phenoxy) is 1. The van der Waals surface area contributed by atoms with Crippen LogP contribution in [0.3, 0.4) is 0 Å². The molecule has 0 saturated carbocycles. The second kappa shape index (κ2) is 14.2. The van der Waals surface area contributed by atoms with E-state index in [-0.39, 0.29) is 16.9 Å². The van der Waals surface area contributed by atoms with E-state index in [1.165, 1.54) is 6.42 Å². The lowest BCUT2D eigenvalue weighted by Gasteiger charge is -2.13. The number of amides is 2. The van der Waals surface area contributed by atoms with Gasteiger partial charge in [-0.1, -0.05) is 57.7 Å². The van der Waals surface area contributed by atoms with E-state index < -0.39 is 0 Å². The van der Waals surface area contributed by atoms with Crippen molar-refractivity contribution in [2.45, 2.75) is 52.4 Å². The zero-order valence-corrected chi connectivity index (χ0v) is 19.7. The Morgan fingerprint density at radius 2 is 1.69 bits per heavy atom. The van der Waals surface area contributed by atoms with Gasteiger partial charge >= 0.3 is 0 Å². The molecule has 0 aliphatic rings. The summed E-state index contributed by atoms with van der Waals surface area (Å²) >= 11 is 5.30. The minimum absolute atomic E-state index is 0.137. The normalized spacial score (nSPS) is 10.3. The van der Waals surface area contributed by atoms with Gasteiger partial charge in [0, 0.05) is 17.8 Å². The molecular weight excluding hydrogens is 422 g/mol. The summed E-state index contributed by atoms with van der Waals surface area (Å²) in [6, 6.07) is 14.1. The first-order valence-corrected chi connectivity index (χ1v) is 11.7. The topological polar surface area (TPSA) is 79.5 Å². The number of hydrogen-bond donors (Lipinski definition) is 3. The second-order valence-corrected chi connectivity index (χ2v) is 7.91. The van der Waals surface area contributed by atoms with Crippen LogP contribution in [0.4, 0.5) is 5.69 Å². The van der Waals surface area contributed by atoms with Crippen molar-refractivity contribution in [2.75, 3.05) is 18.5 Å². The van der Waals surface area contributed by atoms with Crippen LogP contribution < -0.4 is 20.7 Å². The number of hydrogen-bond acceptors (Lipinski definition) is 4. The molecule has 172 valence electrons. The zero-order valence-electron chi connectivity index (χ0n) is 18.9. The van der Waals surface area contributed by atoms with Crippen molar-refractivity contribution in [1.82, 2.24) is 10.6 Å². The minimum atomic E-state index is -0.347. The number of para-hydroxylation sites is 1. The third kappa shape index (κ3) is 8.67. The molecule has 2 aromatic carbocycles. The van der Waals surface area contributed by atoms with E-state index in [1.54, 1.807) is 42.5 Å². The number of carbonyl (C=O) groups excluding carboxylic acids is 2. The first-order valence-electron chi connectivity index (χ1n) is 11.3. The molecule has 6 nitrogen and oxygen atoms in total. The Bertz CT molecular complexity index is 902. The molecule has 0 fully saturated rings. The van der Waals surface area contributed by atoms with E-state index in [0.717, 1.165) is 32.1 Å². The van der Waals surface area contributed by atoms with Gasteiger partial charge in [0.15, 0.2) is 5.11 Å². The van der Waals surface area contributed by atoms with Crippen LogP contribution in [0.1, 0.15) is 73.1 Å². The monoisotopic (exact) mass is 455 g/mol. The fourth-order valence-corrected chi connectivity index (χ4v) is 3.25. The fourth-order valence-electron chi connectivity index (χ4n) is 3.04. The Balaban J connectivity index is 1.93. The first-order chi connectivity index (χ1) is 15.5. The van der Waals surface area contributed by atoms with Crippen LogP contribution in [0.2, 0.25) is 0 Å². The molecule has 2 aromatic rings. The van der Waals surface area contributed by atoms with Crippen molar-refractivity contribution in [3.63, 3.8) is 0 Å². The largest absolute Gasteiger partial charge is 0.493 e. The highest BCUT2D eigenvalue weighted by Gasteiger charge is 2.14. The number of benzene rings is 2. The lowest BCUT2D eigenvalue weighted by molar-refractivity contribution is 0.0950. The molecule has 0 bridgehead atoms. The Morgan fingerprint density at radius 3 is 2.47 bits per heavy atom. The van der Waals surface area contributed by atoms with Gasteiger partial charge in [0.25, 0.3) is 11.8 Å². The molecule has 2 rings (SSSR count). The summed E-state index contributed by atoms with van der Waals surface area (Å²) in [6.45, 7) is 5.45. The smallest absolute Gasteiger partial charge is 0.261 e. The van der Waals surface area contributed by atoms with Gasteiger partial charge in [-0.15, -0.1) is 0 Å². The van der Waals surface area contributed by atoms with Crippen molar-refractivity contribution in [3.05, 3.63) is 59.7 Å². The van der Waals surface area contributed by atoms with Crippen LogP contribution in [-0.2, 0) is 0 Å². The minimum Gasteiger partial charge on any atom is -0.493 e. The van der Waals surface area contributed by atoms with Gasteiger partial charge in [0.1, 0.15) is 5.75 Å². The van der Waals surface area contributed by atoms with Crippen LogP contribution in [0.25, 0.3) is 0 Å². The van der Waals surface area contributed by atoms with Gasteiger partial charge < -0.3 is 15.4 Å². The predicted molar refractivity (Wildman–Crippen MR) is 133 cm³/mol. The highest BCUT2D eigenvalue weighted by Crippen LogP contribution is 2.19. The average Bonchev–Trinajstić information content (AvgIpc) is 2.79. The Labute approximate surface area is 196 Å². The van der Waals surface area contributed by atoms with Crippen LogP contribution in [0.15, 0.2) is 48.5 Å². The summed E-state index contributed by atoms with van der Waals surface area (Å²) in [4.78, 5) is 25.0. The SMILES string of the molecule is CCCCCCOc1ccccc1C(=O)NC(=S)Nc1cccc(C(=O)NCCCC)c1. The van der Waals surface area contributed by atoms with Crippen LogP contribution in [0, 0.1) is 0 Å². The first kappa shape index (κ1) is 25.3. The van der Waals surface area contributed by atoms with Crippen LogP contribution in [-0.4, -0.2) is 30.1 Å². The third-order valence-electron chi connectivity index (χ3n) is 4.81. The molecule has 0 radical (unpaired) electrons. The molecule has 0 aliphatic carbocycles. The van der Waals surface area contributed by atoms with E-state index >= 15 is 0 Å². The van der Waals surface area contributed by atoms with Crippen LogP contribution in [0.5, 0.6) is 5.75 Å². The zero-order chi connectivity index (χ0) is 23.2. The number of nitrogens with one attached hydrogen (secondary N) is 3. The van der Waals surface area contributed by atoms with E-state index in [0.29, 0.717) is 35.7 Å². The molecule has 3 N–H and O–H groups in total. The van der Waals surface area contributed by atoms with Crippen molar-refractivity contribution < 1.29 is 14.3 Å². The number of unbranched alkanes of at least 4 members (excludes halogenated alkanes) is 4. The van der Waals surface area contributed by atoms with Gasteiger partial charge in [-0.2, -0.15) is 0 Å². The average molecular weight is 456 g/mol. The Morgan fingerprint density at radius 1 is 0.906 bits per heavy atom. The molecule has 32 heavy (non-hydrogen) atoms. The van der Waals surface area contributed by atoms with Crippen molar-refractivity contribution in [2.24, 2.45) is 0 Å². The van der Waals surface area contributed by atoms with E-state index in [2.05, 4.69) is 29.8 Å². The molecule has 0 aromatic heterocycles. The van der Waals surface area contributed by atoms with Gasteiger partial charge in [0.2, 0.25) is 0 Å². The van der Waals surface area contributed by atoms with E-state index in [4.69, 9.17) is 17.0 Å². The van der Waals surface area contributed by atoms with Crippen molar-refractivity contribution in [1.29, 1.82) is 0 Å². The summed E-state index contributed by atoms with van der Waals surface area (Å²) in [7, 11) is 0. The maximum absolute atomic E-state index is 12.7. The highest BCUT2D eigenvalue weighted by molar-refractivity contribution is 7.80.